The molecule has 1 aromatic heterocycles. The van der Waals surface area contributed by atoms with Gasteiger partial charge in [-0.3, -0.25) is 4.98 Å². The van der Waals surface area contributed by atoms with Crippen LogP contribution in [0.1, 0.15) is 25.3 Å². The van der Waals surface area contributed by atoms with Crippen LogP contribution in [0.5, 0.6) is 0 Å². The Bertz CT molecular complexity index is 417. The molecule has 1 rings (SSSR count). The maximum Gasteiger partial charge on any atom is 0.213 e. The Hall–Kier alpha value is -0.940. The van der Waals surface area contributed by atoms with Crippen LogP contribution in [0.25, 0.3) is 0 Å². The molecule has 4 nitrogen and oxygen atoms in total. The van der Waals surface area contributed by atoms with Gasteiger partial charge in [-0.2, -0.15) is 0 Å². The van der Waals surface area contributed by atoms with E-state index in [2.05, 4.69) is 4.98 Å². The van der Waals surface area contributed by atoms with Crippen LogP contribution in [0.4, 0.5) is 0 Å². The molecule has 0 aliphatic rings. The van der Waals surface area contributed by atoms with Gasteiger partial charge in [0.1, 0.15) is 0 Å². The lowest BCUT2D eigenvalue weighted by molar-refractivity contribution is 0.447. The summed E-state index contributed by atoms with van der Waals surface area (Å²) in [6.07, 6.45) is 3.44. The third kappa shape index (κ3) is 3.28. The summed E-state index contributed by atoms with van der Waals surface area (Å²) in [5.74, 6) is 0.321. The molecular formula is C11H18N2O2S. The van der Waals surface area contributed by atoms with Crippen LogP contribution < -0.4 is 0 Å². The molecule has 1 heterocycles. The summed E-state index contributed by atoms with van der Waals surface area (Å²) in [4.78, 5) is 3.94. The summed E-state index contributed by atoms with van der Waals surface area (Å²) >= 11 is 0. The highest BCUT2D eigenvalue weighted by atomic mass is 32.2. The van der Waals surface area contributed by atoms with Gasteiger partial charge in [-0.05, 0) is 30.5 Å². The Labute approximate surface area is 97.4 Å². The van der Waals surface area contributed by atoms with E-state index in [-0.39, 0.29) is 11.7 Å². The first-order valence-electron chi connectivity index (χ1n) is 5.31. The standard InChI is InChI=1S/C11H18N2O2S/c1-4-16(14,15)13(3)9-10(2)11-5-7-12-8-6-11/h5-8,10H,4,9H2,1-3H3. The third-order valence-electron chi connectivity index (χ3n) is 2.65. The summed E-state index contributed by atoms with van der Waals surface area (Å²) in [7, 11) is -1.46. The molecule has 0 radical (unpaired) electrons. The summed E-state index contributed by atoms with van der Waals surface area (Å²) in [5.41, 5.74) is 1.10. The lowest BCUT2D eigenvalue weighted by Gasteiger charge is -2.20. The molecule has 0 N–H and O–H groups in total. The van der Waals surface area contributed by atoms with E-state index in [4.69, 9.17) is 0 Å². The van der Waals surface area contributed by atoms with Gasteiger partial charge in [0.05, 0.1) is 5.75 Å². The highest BCUT2D eigenvalue weighted by Crippen LogP contribution is 2.16. The number of hydrogen-bond donors (Lipinski definition) is 0. The second-order valence-corrected chi connectivity index (χ2v) is 6.23. The van der Waals surface area contributed by atoms with Crippen LogP contribution in [0.2, 0.25) is 0 Å². The average molecular weight is 242 g/mol. The Morgan fingerprint density at radius 2 is 1.94 bits per heavy atom. The second kappa shape index (κ2) is 5.41. The van der Waals surface area contributed by atoms with Gasteiger partial charge in [0.2, 0.25) is 10.0 Å². The number of pyridine rings is 1. The topological polar surface area (TPSA) is 50.3 Å². The molecule has 0 aliphatic heterocycles. The zero-order chi connectivity index (χ0) is 12.2. The van der Waals surface area contributed by atoms with E-state index in [0.29, 0.717) is 6.54 Å². The predicted octanol–water partition coefficient (Wildman–Crippen LogP) is 1.47. The second-order valence-electron chi connectivity index (χ2n) is 3.86. The van der Waals surface area contributed by atoms with Gasteiger partial charge in [-0.15, -0.1) is 0 Å². The molecule has 0 saturated carbocycles. The largest absolute Gasteiger partial charge is 0.265 e. The Morgan fingerprint density at radius 1 is 1.38 bits per heavy atom. The highest BCUT2D eigenvalue weighted by molar-refractivity contribution is 7.89. The third-order valence-corrected chi connectivity index (χ3v) is 4.47. The van der Waals surface area contributed by atoms with Gasteiger partial charge in [-0.1, -0.05) is 6.92 Å². The highest BCUT2D eigenvalue weighted by Gasteiger charge is 2.18. The van der Waals surface area contributed by atoms with E-state index in [9.17, 15) is 8.42 Å². The predicted molar refractivity (Wildman–Crippen MR) is 64.7 cm³/mol. The monoisotopic (exact) mass is 242 g/mol. The maximum atomic E-state index is 11.6. The fourth-order valence-electron chi connectivity index (χ4n) is 1.52. The number of likely N-dealkylation sites (N-methyl/N-ethyl adjacent to an activating group) is 1. The molecular weight excluding hydrogens is 224 g/mol. The summed E-state index contributed by atoms with van der Waals surface area (Å²) in [6, 6.07) is 3.83. The lowest BCUT2D eigenvalue weighted by atomic mass is 10.0. The van der Waals surface area contributed by atoms with Crippen LogP contribution in [-0.4, -0.2) is 37.1 Å². The lowest BCUT2D eigenvalue weighted by Crippen LogP contribution is -2.31. The molecule has 1 aromatic rings. The minimum atomic E-state index is -3.08. The molecule has 5 heteroatoms. The molecule has 90 valence electrons. The number of nitrogens with zero attached hydrogens (tertiary/aromatic N) is 2. The minimum Gasteiger partial charge on any atom is -0.265 e. The van der Waals surface area contributed by atoms with E-state index in [1.165, 1.54) is 4.31 Å². The summed E-state index contributed by atoms with van der Waals surface area (Å²) in [5, 5.41) is 0. The molecule has 0 saturated heterocycles. The zero-order valence-corrected chi connectivity index (χ0v) is 10.7. The van der Waals surface area contributed by atoms with Crippen molar-refractivity contribution in [1.82, 2.24) is 9.29 Å². The van der Waals surface area contributed by atoms with Crippen molar-refractivity contribution in [1.29, 1.82) is 0 Å². The van der Waals surface area contributed by atoms with Crippen molar-refractivity contribution in [2.24, 2.45) is 0 Å². The van der Waals surface area contributed by atoms with Gasteiger partial charge >= 0.3 is 0 Å². The molecule has 0 amide bonds. The Kier molecular flexibility index (Phi) is 4.44. The Morgan fingerprint density at radius 3 is 2.44 bits per heavy atom. The molecule has 16 heavy (non-hydrogen) atoms. The van der Waals surface area contributed by atoms with Crippen LogP contribution in [0.3, 0.4) is 0 Å². The number of sulfonamides is 1. The molecule has 1 unspecified atom stereocenters. The first kappa shape index (κ1) is 13.1. The van der Waals surface area contributed by atoms with Crippen molar-refractivity contribution in [2.45, 2.75) is 19.8 Å². The molecule has 1 atom stereocenters. The van der Waals surface area contributed by atoms with Crippen LogP contribution in [0, 0.1) is 0 Å². The normalized spacial score (nSPS) is 14.0. The molecule has 0 bridgehead atoms. The summed E-state index contributed by atoms with van der Waals surface area (Å²) < 4.78 is 24.6. The van der Waals surface area contributed by atoms with Gasteiger partial charge in [0, 0.05) is 26.0 Å². The van der Waals surface area contributed by atoms with Crippen LogP contribution in [-0.2, 0) is 10.0 Å². The van der Waals surface area contributed by atoms with Gasteiger partial charge < -0.3 is 0 Å². The Balaban J connectivity index is 2.69. The van der Waals surface area contributed by atoms with E-state index in [0.717, 1.165) is 5.56 Å². The van der Waals surface area contributed by atoms with Crippen molar-refractivity contribution in [3.63, 3.8) is 0 Å². The molecule has 0 spiro atoms. The van der Waals surface area contributed by atoms with Gasteiger partial charge in [0.25, 0.3) is 0 Å². The van der Waals surface area contributed by atoms with Crippen LogP contribution in [0.15, 0.2) is 24.5 Å². The first-order valence-corrected chi connectivity index (χ1v) is 6.92. The maximum absolute atomic E-state index is 11.6. The molecule has 0 fully saturated rings. The summed E-state index contributed by atoms with van der Waals surface area (Å²) in [6.45, 7) is 4.17. The van der Waals surface area contributed by atoms with E-state index in [1.54, 1.807) is 26.4 Å². The van der Waals surface area contributed by atoms with Gasteiger partial charge in [-0.25, -0.2) is 12.7 Å². The van der Waals surface area contributed by atoms with Crippen molar-refractivity contribution < 1.29 is 8.42 Å². The zero-order valence-electron chi connectivity index (χ0n) is 9.92. The van der Waals surface area contributed by atoms with Crippen LogP contribution >= 0.6 is 0 Å². The quantitative estimate of drug-likeness (QED) is 0.785. The van der Waals surface area contributed by atoms with Gasteiger partial charge in [0.15, 0.2) is 0 Å². The van der Waals surface area contributed by atoms with E-state index >= 15 is 0 Å². The molecule has 0 aromatic carbocycles. The minimum absolute atomic E-state index is 0.145. The fraction of sp³-hybridized carbons (Fsp3) is 0.545. The van der Waals surface area contributed by atoms with E-state index < -0.39 is 10.0 Å². The number of aromatic nitrogens is 1. The van der Waals surface area contributed by atoms with Crippen molar-refractivity contribution in [3.05, 3.63) is 30.1 Å². The SMILES string of the molecule is CCS(=O)(=O)N(C)CC(C)c1ccncc1. The first-order chi connectivity index (χ1) is 7.47. The number of rotatable bonds is 5. The van der Waals surface area contributed by atoms with Crippen molar-refractivity contribution in [2.75, 3.05) is 19.3 Å². The average Bonchev–Trinajstić information content (AvgIpc) is 2.30. The van der Waals surface area contributed by atoms with E-state index in [1.807, 2.05) is 19.1 Å². The molecule has 0 aliphatic carbocycles. The van der Waals surface area contributed by atoms with Crippen molar-refractivity contribution >= 4 is 10.0 Å². The smallest absolute Gasteiger partial charge is 0.213 e. The fourth-order valence-corrected chi connectivity index (χ4v) is 2.41. The number of hydrogen-bond acceptors (Lipinski definition) is 3. The van der Waals surface area contributed by atoms with Crippen molar-refractivity contribution in [3.8, 4) is 0 Å².